The number of para-hydroxylation sites is 1. The minimum atomic E-state index is 0.0186. The molecule has 0 N–H and O–H groups in total. The van der Waals surface area contributed by atoms with Crippen molar-refractivity contribution in [2.75, 3.05) is 39.9 Å². The molecule has 5 heteroatoms. The van der Waals surface area contributed by atoms with Crippen molar-refractivity contribution in [3.05, 3.63) is 29.8 Å². The summed E-state index contributed by atoms with van der Waals surface area (Å²) in [6.45, 7) is 5.60. The fourth-order valence-electron chi connectivity index (χ4n) is 4.69. The van der Waals surface area contributed by atoms with Crippen LogP contribution in [-0.2, 0) is 16.1 Å². The molecule has 3 saturated heterocycles. The summed E-state index contributed by atoms with van der Waals surface area (Å²) in [5, 5.41) is 0. The third-order valence-corrected chi connectivity index (χ3v) is 6.09. The van der Waals surface area contributed by atoms with Gasteiger partial charge in [0.05, 0.1) is 12.7 Å². The van der Waals surface area contributed by atoms with Crippen LogP contribution in [-0.4, -0.2) is 61.2 Å². The Morgan fingerprint density at radius 3 is 2.92 bits per heavy atom. The van der Waals surface area contributed by atoms with E-state index in [0.29, 0.717) is 11.8 Å². The average molecular weight is 344 g/mol. The first-order valence-electron chi connectivity index (χ1n) is 9.46. The molecule has 1 aromatic rings. The minimum Gasteiger partial charge on any atom is -0.496 e. The van der Waals surface area contributed by atoms with Crippen LogP contribution >= 0.6 is 0 Å². The highest BCUT2D eigenvalue weighted by atomic mass is 16.5. The van der Waals surface area contributed by atoms with Gasteiger partial charge in [-0.2, -0.15) is 0 Å². The zero-order valence-corrected chi connectivity index (χ0v) is 15.1. The van der Waals surface area contributed by atoms with E-state index in [9.17, 15) is 4.79 Å². The number of likely N-dealkylation sites (tertiary alicyclic amines) is 2. The number of carbonyl (C=O) groups excluding carboxylic acids is 1. The number of nitrogens with zero attached hydrogens (tertiary/aromatic N) is 2. The Balaban J connectivity index is 1.32. The summed E-state index contributed by atoms with van der Waals surface area (Å²) in [6, 6.07) is 8.23. The van der Waals surface area contributed by atoms with Gasteiger partial charge in [-0.15, -0.1) is 0 Å². The van der Waals surface area contributed by atoms with Crippen molar-refractivity contribution >= 4 is 5.91 Å². The van der Waals surface area contributed by atoms with Crippen molar-refractivity contribution in [2.24, 2.45) is 5.92 Å². The summed E-state index contributed by atoms with van der Waals surface area (Å²) in [6.07, 6.45) is 3.97. The lowest BCUT2D eigenvalue weighted by Crippen LogP contribution is -2.64. The van der Waals surface area contributed by atoms with Gasteiger partial charge in [0.15, 0.2) is 0 Å². The van der Waals surface area contributed by atoms with Crippen molar-refractivity contribution in [1.82, 2.24) is 9.80 Å². The van der Waals surface area contributed by atoms with Crippen LogP contribution in [0.15, 0.2) is 24.3 Å². The predicted octanol–water partition coefficient (Wildman–Crippen LogP) is 2.30. The molecule has 1 unspecified atom stereocenters. The number of amides is 1. The van der Waals surface area contributed by atoms with Gasteiger partial charge in [-0.3, -0.25) is 9.69 Å². The molecule has 5 nitrogen and oxygen atoms in total. The number of hydrogen-bond acceptors (Lipinski definition) is 4. The molecule has 3 heterocycles. The zero-order valence-electron chi connectivity index (χ0n) is 15.1. The number of hydrogen-bond donors (Lipinski definition) is 0. The summed E-state index contributed by atoms with van der Waals surface area (Å²) in [5.41, 5.74) is 1.25. The molecule has 3 fully saturated rings. The number of rotatable bonds is 6. The molecule has 1 amide bonds. The smallest absolute Gasteiger partial charge is 0.222 e. The number of ether oxygens (including phenoxy) is 2. The molecule has 1 aromatic carbocycles. The molecule has 3 aliphatic heterocycles. The van der Waals surface area contributed by atoms with Gasteiger partial charge in [0.2, 0.25) is 5.91 Å². The fourth-order valence-corrected chi connectivity index (χ4v) is 4.69. The molecular weight excluding hydrogens is 316 g/mol. The third-order valence-electron chi connectivity index (χ3n) is 6.09. The molecule has 0 bridgehead atoms. The Morgan fingerprint density at radius 2 is 2.16 bits per heavy atom. The summed E-state index contributed by atoms with van der Waals surface area (Å²) in [7, 11) is 1.73. The van der Waals surface area contributed by atoms with E-state index in [0.717, 1.165) is 70.8 Å². The molecule has 3 aliphatic rings. The van der Waals surface area contributed by atoms with E-state index in [1.54, 1.807) is 7.11 Å². The molecular formula is C20H28N2O3. The first-order chi connectivity index (χ1) is 12.2. The zero-order chi connectivity index (χ0) is 17.3. The Labute approximate surface area is 149 Å². The van der Waals surface area contributed by atoms with E-state index in [4.69, 9.17) is 9.47 Å². The van der Waals surface area contributed by atoms with Gasteiger partial charge in [-0.05, 0) is 31.2 Å². The van der Waals surface area contributed by atoms with Crippen molar-refractivity contribution in [3.8, 4) is 5.75 Å². The molecule has 4 rings (SSSR count). The van der Waals surface area contributed by atoms with Crippen LogP contribution in [0.2, 0.25) is 0 Å². The van der Waals surface area contributed by atoms with Crippen LogP contribution in [0.3, 0.4) is 0 Å². The van der Waals surface area contributed by atoms with Gasteiger partial charge in [-0.25, -0.2) is 0 Å². The van der Waals surface area contributed by atoms with Crippen molar-refractivity contribution < 1.29 is 14.3 Å². The van der Waals surface area contributed by atoms with Crippen LogP contribution in [0.1, 0.15) is 31.2 Å². The van der Waals surface area contributed by atoms with E-state index in [1.807, 2.05) is 17.0 Å². The maximum absolute atomic E-state index is 11.8. The van der Waals surface area contributed by atoms with Crippen LogP contribution in [0, 0.1) is 5.92 Å². The second kappa shape index (κ2) is 6.96. The van der Waals surface area contributed by atoms with Gasteiger partial charge in [0.1, 0.15) is 5.75 Å². The van der Waals surface area contributed by atoms with Crippen molar-refractivity contribution in [1.29, 1.82) is 0 Å². The number of carbonyl (C=O) groups is 1. The Bertz CT molecular complexity index is 627. The van der Waals surface area contributed by atoms with Crippen LogP contribution in [0.25, 0.3) is 0 Å². The molecule has 136 valence electrons. The molecule has 25 heavy (non-hydrogen) atoms. The molecule has 0 saturated carbocycles. The van der Waals surface area contributed by atoms with Gasteiger partial charge in [0, 0.05) is 51.3 Å². The normalized spacial score (nSPS) is 25.6. The molecule has 1 spiro atoms. The van der Waals surface area contributed by atoms with Gasteiger partial charge >= 0.3 is 0 Å². The lowest BCUT2D eigenvalue weighted by Gasteiger charge is -2.50. The van der Waals surface area contributed by atoms with E-state index in [1.165, 1.54) is 5.56 Å². The fraction of sp³-hybridized carbons (Fsp3) is 0.650. The Morgan fingerprint density at radius 1 is 1.32 bits per heavy atom. The highest BCUT2D eigenvalue weighted by Crippen LogP contribution is 2.42. The van der Waals surface area contributed by atoms with Gasteiger partial charge in [-0.1, -0.05) is 18.2 Å². The second-order valence-electron chi connectivity index (χ2n) is 7.63. The summed E-state index contributed by atoms with van der Waals surface area (Å²) in [4.78, 5) is 16.3. The number of methoxy groups -OCH3 is 1. The summed E-state index contributed by atoms with van der Waals surface area (Å²) >= 11 is 0. The summed E-state index contributed by atoms with van der Waals surface area (Å²) < 4.78 is 11.6. The van der Waals surface area contributed by atoms with E-state index in [2.05, 4.69) is 17.0 Å². The van der Waals surface area contributed by atoms with Crippen molar-refractivity contribution in [2.45, 2.75) is 37.8 Å². The van der Waals surface area contributed by atoms with Gasteiger partial charge < -0.3 is 14.4 Å². The molecule has 0 aliphatic carbocycles. The average Bonchev–Trinajstić information content (AvgIpc) is 3.19. The highest BCUT2D eigenvalue weighted by Gasteiger charge is 2.52. The van der Waals surface area contributed by atoms with Crippen LogP contribution < -0.4 is 4.74 Å². The first kappa shape index (κ1) is 16.9. The minimum absolute atomic E-state index is 0.0186. The lowest BCUT2D eigenvalue weighted by atomic mass is 9.78. The standard InChI is InChI=1S/C20H28N2O3/c1-24-18-6-3-2-5-16(18)13-21-14-20(15-21)17(9-12-25-20)8-11-22-10-4-7-19(22)23/h2-3,5-6,17H,4,7-15H2,1H3. The van der Waals surface area contributed by atoms with Crippen LogP contribution in [0.4, 0.5) is 0 Å². The molecule has 0 aromatic heterocycles. The monoisotopic (exact) mass is 344 g/mol. The first-order valence-corrected chi connectivity index (χ1v) is 9.46. The van der Waals surface area contributed by atoms with E-state index >= 15 is 0 Å². The molecule has 0 radical (unpaired) electrons. The Kier molecular flexibility index (Phi) is 4.69. The Hall–Kier alpha value is -1.59. The SMILES string of the molecule is COc1ccccc1CN1CC2(C1)OCCC2CCN1CCCC1=O. The van der Waals surface area contributed by atoms with Gasteiger partial charge in [0.25, 0.3) is 0 Å². The predicted molar refractivity (Wildman–Crippen MR) is 95.5 cm³/mol. The third kappa shape index (κ3) is 3.27. The van der Waals surface area contributed by atoms with Crippen LogP contribution in [0.5, 0.6) is 5.75 Å². The molecule has 1 atom stereocenters. The summed E-state index contributed by atoms with van der Waals surface area (Å²) in [5.74, 6) is 1.87. The lowest BCUT2D eigenvalue weighted by molar-refractivity contribution is -0.139. The quantitative estimate of drug-likeness (QED) is 0.794. The second-order valence-corrected chi connectivity index (χ2v) is 7.63. The highest BCUT2D eigenvalue weighted by molar-refractivity contribution is 5.78. The topological polar surface area (TPSA) is 42.0 Å². The maximum atomic E-state index is 11.8. The van der Waals surface area contributed by atoms with E-state index in [-0.39, 0.29) is 5.60 Å². The van der Waals surface area contributed by atoms with E-state index < -0.39 is 0 Å². The van der Waals surface area contributed by atoms with Crippen molar-refractivity contribution in [3.63, 3.8) is 0 Å². The maximum Gasteiger partial charge on any atom is 0.222 e. The largest absolute Gasteiger partial charge is 0.496 e. The number of benzene rings is 1.